The Kier molecular flexibility index (Phi) is 4.74. The standard InChI is InChI=1S/C14H17F3N2.ClH/c1-9-6-10(8-11(7-9)14(15,16)17)13(12(18)19)4-2-3-5-13;/h6-8H,2-5H2,1H3,(H3,18,19);1H. The van der Waals surface area contributed by atoms with Crippen molar-refractivity contribution in [2.75, 3.05) is 0 Å². The van der Waals surface area contributed by atoms with Crippen LogP contribution < -0.4 is 5.73 Å². The number of aryl methyl sites for hydroxylation is 1. The van der Waals surface area contributed by atoms with E-state index < -0.39 is 17.2 Å². The van der Waals surface area contributed by atoms with Gasteiger partial charge in [0, 0.05) is 0 Å². The van der Waals surface area contributed by atoms with Gasteiger partial charge in [0.05, 0.1) is 11.0 Å². The van der Waals surface area contributed by atoms with Crippen molar-refractivity contribution in [1.82, 2.24) is 0 Å². The molecule has 112 valence electrons. The molecule has 1 aliphatic carbocycles. The summed E-state index contributed by atoms with van der Waals surface area (Å²) in [6.07, 6.45) is -1.26. The van der Waals surface area contributed by atoms with Crippen LogP contribution in [0.2, 0.25) is 0 Å². The van der Waals surface area contributed by atoms with Gasteiger partial charge >= 0.3 is 6.18 Å². The number of benzene rings is 1. The van der Waals surface area contributed by atoms with E-state index in [2.05, 4.69) is 0 Å². The molecule has 0 aromatic heterocycles. The third-order valence-electron chi connectivity index (χ3n) is 3.93. The molecule has 1 aromatic rings. The third-order valence-corrected chi connectivity index (χ3v) is 3.93. The van der Waals surface area contributed by atoms with E-state index in [1.807, 2.05) is 0 Å². The van der Waals surface area contributed by atoms with Gasteiger partial charge in [-0.1, -0.05) is 24.5 Å². The summed E-state index contributed by atoms with van der Waals surface area (Å²) in [7, 11) is 0. The van der Waals surface area contributed by atoms with E-state index in [1.54, 1.807) is 13.0 Å². The Morgan fingerprint density at radius 2 is 1.75 bits per heavy atom. The lowest BCUT2D eigenvalue weighted by molar-refractivity contribution is -0.137. The molecule has 20 heavy (non-hydrogen) atoms. The first-order valence-corrected chi connectivity index (χ1v) is 6.29. The second-order valence-corrected chi connectivity index (χ2v) is 5.29. The monoisotopic (exact) mass is 306 g/mol. The van der Waals surface area contributed by atoms with Crippen LogP contribution in [0.3, 0.4) is 0 Å². The zero-order valence-corrected chi connectivity index (χ0v) is 12.0. The van der Waals surface area contributed by atoms with Crippen molar-refractivity contribution in [3.8, 4) is 0 Å². The summed E-state index contributed by atoms with van der Waals surface area (Å²) in [6.45, 7) is 1.64. The molecule has 0 radical (unpaired) electrons. The molecule has 0 atom stereocenters. The first-order valence-electron chi connectivity index (χ1n) is 6.29. The van der Waals surface area contributed by atoms with Crippen molar-refractivity contribution in [2.24, 2.45) is 5.73 Å². The van der Waals surface area contributed by atoms with Gasteiger partial charge in [-0.05, 0) is 37.5 Å². The molecule has 1 fully saturated rings. The lowest BCUT2D eigenvalue weighted by atomic mass is 9.76. The van der Waals surface area contributed by atoms with Gasteiger partial charge in [0.25, 0.3) is 0 Å². The highest BCUT2D eigenvalue weighted by Crippen LogP contribution is 2.43. The number of nitrogens with one attached hydrogen (secondary N) is 1. The van der Waals surface area contributed by atoms with Crippen LogP contribution in [0.1, 0.15) is 42.4 Å². The van der Waals surface area contributed by atoms with Gasteiger partial charge in [-0.3, -0.25) is 5.41 Å². The van der Waals surface area contributed by atoms with Crippen LogP contribution in [0.5, 0.6) is 0 Å². The quantitative estimate of drug-likeness (QED) is 0.625. The summed E-state index contributed by atoms with van der Waals surface area (Å²) in [6, 6.07) is 4.01. The summed E-state index contributed by atoms with van der Waals surface area (Å²) < 4.78 is 38.6. The number of alkyl halides is 3. The van der Waals surface area contributed by atoms with Crippen LogP contribution in [0.25, 0.3) is 0 Å². The fourth-order valence-corrected chi connectivity index (χ4v) is 2.92. The maximum absolute atomic E-state index is 12.9. The number of hydrogen-bond acceptors (Lipinski definition) is 1. The summed E-state index contributed by atoms with van der Waals surface area (Å²) >= 11 is 0. The Balaban J connectivity index is 0.00000200. The van der Waals surface area contributed by atoms with E-state index in [9.17, 15) is 13.2 Å². The second kappa shape index (κ2) is 5.64. The van der Waals surface area contributed by atoms with Crippen LogP contribution in [-0.2, 0) is 11.6 Å². The lowest BCUT2D eigenvalue weighted by Crippen LogP contribution is -2.38. The van der Waals surface area contributed by atoms with E-state index in [0.29, 0.717) is 24.0 Å². The molecule has 1 aliphatic rings. The van der Waals surface area contributed by atoms with Crippen molar-refractivity contribution in [3.63, 3.8) is 0 Å². The van der Waals surface area contributed by atoms with Gasteiger partial charge in [-0.2, -0.15) is 13.2 Å². The molecule has 1 aromatic carbocycles. The van der Waals surface area contributed by atoms with Crippen molar-refractivity contribution in [3.05, 3.63) is 34.9 Å². The van der Waals surface area contributed by atoms with E-state index in [-0.39, 0.29) is 18.2 Å². The molecule has 0 saturated heterocycles. The number of amidine groups is 1. The summed E-state index contributed by atoms with van der Waals surface area (Å²) in [4.78, 5) is 0. The Hall–Kier alpha value is -1.23. The third kappa shape index (κ3) is 2.92. The molecule has 3 N–H and O–H groups in total. The highest BCUT2D eigenvalue weighted by Gasteiger charge is 2.40. The minimum atomic E-state index is -4.36. The molecule has 2 rings (SSSR count). The number of rotatable bonds is 2. The van der Waals surface area contributed by atoms with Crippen LogP contribution in [-0.4, -0.2) is 5.84 Å². The summed E-state index contributed by atoms with van der Waals surface area (Å²) in [5.41, 5.74) is 5.40. The highest BCUT2D eigenvalue weighted by molar-refractivity contribution is 5.89. The molecular formula is C14H18ClF3N2. The van der Waals surface area contributed by atoms with E-state index >= 15 is 0 Å². The maximum Gasteiger partial charge on any atom is 0.416 e. The lowest BCUT2D eigenvalue weighted by Gasteiger charge is -2.29. The zero-order chi connectivity index (χ0) is 14.3. The molecule has 2 nitrogen and oxygen atoms in total. The minimum absolute atomic E-state index is 0. The zero-order valence-electron chi connectivity index (χ0n) is 11.2. The normalized spacial score (nSPS) is 17.6. The average Bonchev–Trinajstić information content (AvgIpc) is 2.77. The largest absolute Gasteiger partial charge is 0.416 e. The van der Waals surface area contributed by atoms with Crippen molar-refractivity contribution in [1.29, 1.82) is 5.41 Å². The Morgan fingerprint density at radius 3 is 2.20 bits per heavy atom. The summed E-state index contributed by atoms with van der Waals surface area (Å²) in [5.74, 6) is -0.0243. The summed E-state index contributed by atoms with van der Waals surface area (Å²) in [5, 5.41) is 7.77. The molecule has 0 aliphatic heterocycles. The van der Waals surface area contributed by atoms with Gasteiger partial charge in [-0.15, -0.1) is 12.4 Å². The molecule has 0 bridgehead atoms. The topological polar surface area (TPSA) is 49.9 Å². The van der Waals surface area contributed by atoms with Crippen molar-refractivity contribution >= 4 is 18.2 Å². The van der Waals surface area contributed by atoms with E-state index in [1.165, 1.54) is 0 Å². The SMILES string of the molecule is Cc1cc(C(F)(F)F)cc(C2(C(=N)N)CCCC2)c1.Cl. The molecule has 0 amide bonds. The van der Waals surface area contributed by atoms with Gasteiger partial charge in [0.15, 0.2) is 0 Å². The van der Waals surface area contributed by atoms with Gasteiger partial charge in [-0.25, -0.2) is 0 Å². The Labute approximate surface area is 122 Å². The second-order valence-electron chi connectivity index (χ2n) is 5.29. The number of nitrogens with two attached hydrogens (primary N) is 1. The molecule has 0 unspecified atom stereocenters. The molecule has 0 spiro atoms. The highest BCUT2D eigenvalue weighted by atomic mass is 35.5. The van der Waals surface area contributed by atoms with E-state index in [0.717, 1.165) is 25.0 Å². The average molecular weight is 307 g/mol. The minimum Gasteiger partial charge on any atom is -0.387 e. The van der Waals surface area contributed by atoms with Crippen molar-refractivity contribution in [2.45, 2.75) is 44.2 Å². The van der Waals surface area contributed by atoms with Gasteiger partial charge in [0.2, 0.25) is 0 Å². The maximum atomic E-state index is 12.9. The predicted molar refractivity (Wildman–Crippen MR) is 75.5 cm³/mol. The smallest absolute Gasteiger partial charge is 0.387 e. The fraction of sp³-hybridized carbons (Fsp3) is 0.500. The van der Waals surface area contributed by atoms with Gasteiger partial charge in [0.1, 0.15) is 5.84 Å². The molecule has 1 saturated carbocycles. The van der Waals surface area contributed by atoms with Crippen LogP contribution in [0, 0.1) is 12.3 Å². The van der Waals surface area contributed by atoms with Crippen LogP contribution in [0.15, 0.2) is 18.2 Å². The molecular weight excluding hydrogens is 289 g/mol. The van der Waals surface area contributed by atoms with Crippen LogP contribution >= 0.6 is 12.4 Å². The predicted octanol–water partition coefficient (Wildman–Crippen LogP) is 4.18. The fourth-order valence-electron chi connectivity index (χ4n) is 2.92. The number of hydrogen-bond donors (Lipinski definition) is 2. The van der Waals surface area contributed by atoms with E-state index in [4.69, 9.17) is 11.1 Å². The van der Waals surface area contributed by atoms with Crippen LogP contribution in [0.4, 0.5) is 13.2 Å². The first kappa shape index (κ1) is 16.8. The van der Waals surface area contributed by atoms with Crippen molar-refractivity contribution < 1.29 is 13.2 Å². The number of halogens is 4. The van der Waals surface area contributed by atoms with Gasteiger partial charge < -0.3 is 5.73 Å². The molecule has 6 heteroatoms. The first-order chi connectivity index (χ1) is 8.75. The molecule has 0 heterocycles. The Morgan fingerprint density at radius 1 is 1.20 bits per heavy atom. The Bertz CT molecular complexity index is 506.